The first-order valence-electron chi connectivity index (χ1n) is 8.34. The predicted molar refractivity (Wildman–Crippen MR) is 91.4 cm³/mol. The molecule has 1 amide bonds. The lowest BCUT2D eigenvalue weighted by molar-refractivity contribution is 0.0726. The highest BCUT2D eigenvalue weighted by atomic mass is 32.1. The van der Waals surface area contributed by atoms with Crippen molar-refractivity contribution in [2.75, 3.05) is 19.6 Å². The summed E-state index contributed by atoms with van der Waals surface area (Å²) in [7, 11) is 0. The topological polar surface area (TPSA) is 67.6 Å². The summed E-state index contributed by atoms with van der Waals surface area (Å²) >= 11 is 1.43. The van der Waals surface area contributed by atoms with E-state index in [1.54, 1.807) is 0 Å². The van der Waals surface area contributed by atoms with Gasteiger partial charge in [0.1, 0.15) is 5.76 Å². The Bertz CT molecular complexity index is 727. The van der Waals surface area contributed by atoms with Crippen LogP contribution in [-0.2, 0) is 0 Å². The van der Waals surface area contributed by atoms with Gasteiger partial charge >= 0.3 is 6.09 Å². The second-order valence-corrected chi connectivity index (χ2v) is 7.64. The first-order valence-corrected chi connectivity index (χ1v) is 9.15. The van der Waals surface area contributed by atoms with Crippen molar-refractivity contribution >= 4 is 17.4 Å². The number of nitrogens with zero attached hydrogens (tertiary/aromatic N) is 2. The molecule has 128 valence electrons. The van der Waals surface area contributed by atoms with Crippen LogP contribution >= 0.6 is 11.3 Å². The predicted octanol–water partition coefficient (Wildman–Crippen LogP) is 3.20. The monoisotopic (exact) mass is 347 g/mol. The molecule has 1 atom stereocenters. The van der Waals surface area contributed by atoms with Gasteiger partial charge in [-0.1, -0.05) is 16.5 Å². The lowest BCUT2D eigenvalue weighted by Gasteiger charge is -2.44. The largest absolute Gasteiger partial charge is 0.413 e. The number of carbonyl (C=O) groups excluding carboxylic acids is 1. The Hall–Kier alpha value is -1.86. The van der Waals surface area contributed by atoms with Gasteiger partial charge < -0.3 is 19.5 Å². The number of nitrogens with one attached hydrogen (secondary N) is 1. The Labute approximate surface area is 144 Å². The maximum Gasteiger partial charge on any atom is 0.413 e. The molecule has 6 nitrogen and oxygen atoms in total. The number of hydrogen-bond donors (Lipinski definition) is 1. The maximum absolute atomic E-state index is 12.2. The maximum atomic E-state index is 12.2. The van der Waals surface area contributed by atoms with Gasteiger partial charge in [-0.15, -0.1) is 0 Å². The summed E-state index contributed by atoms with van der Waals surface area (Å²) in [4.78, 5) is 15.6. The average Bonchev–Trinajstić information content (AvgIpc) is 3.15. The number of carbonyl (C=O) groups is 1. The minimum Gasteiger partial charge on any atom is -0.399 e. The van der Waals surface area contributed by atoms with E-state index < -0.39 is 0 Å². The molecule has 0 aliphatic carbocycles. The number of rotatable bonds is 3. The molecule has 2 aromatic rings. The first-order chi connectivity index (χ1) is 11.6. The fourth-order valence-corrected chi connectivity index (χ4v) is 4.74. The highest BCUT2D eigenvalue weighted by Gasteiger charge is 2.35. The Kier molecular flexibility index (Phi) is 4.05. The second-order valence-electron chi connectivity index (χ2n) is 6.60. The number of piperidine rings is 3. The van der Waals surface area contributed by atoms with Gasteiger partial charge in [-0.3, -0.25) is 0 Å². The van der Waals surface area contributed by atoms with Crippen LogP contribution in [-0.4, -0.2) is 41.8 Å². The van der Waals surface area contributed by atoms with E-state index >= 15 is 0 Å². The fourth-order valence-electron chi connectivity index (χ4n) is 3.74. The zero-order chi connectivity index (χ0) is 16.7. The molecule has 5 heterocycles. The molecule has 24 heavy (non-hydrogen) atoms. The van der Waals surface area contributed by atoms with Crippen LogP contribution in [0.4, 0.5) is 4.79 Å². The lowest BCUT2D eigenvalue weighted by atomic mass is 9.84. The summed E-state index contributed by atoms with van der Waals surface area (Å²) in [6.45, 7) is 7.05. The van der Waals surface area contributed by atoms with Gasteiger partial charge in [0.15, 0.2) is 5.06 Å². The SMILES string of the molecule is Cc1noc(C)c1-c1ccc(OC(=O)NC2CN3CCC2CC3)s1. The summed E-state index contributed by atoms with van der Waals surface area (Å²) in [5, 5.41) is 7.59. The number of thiophene rings is 1. The van der Waals surface area contributed by atoms with Crippen molar-refractivity contribution in [3.05, 3.63) is 23.6 Å². The summed E-state index contributed by atoms with van der Waals surface area (Å²) in [5.41, 5.74) is 1.82. The normalized spacial score (nSPS) is 25.7. The summed E-state index contributed by atoms with van der Waals surface area (Å²) < 4.78 is 10.7. The van der Waals surface area contributed by atoms with Crippen molar-refractivity contribution in [3.8, 4) is 15.5 Å². The van der Waals surface area contributed by atoms with E-state index in [9.17, 15) is 4.79 Å². The molecule has 2 bridgehead atoms. The van der Waals surface area contributed by atoms with Crippen molar-refractivity contribution in [2.45, 2.75) is 32.7 Å². The number of ether oxygens (including phenoxy) is 1. The molecule has 3 saturated heterocycles. The molecular weight excluding hydrogens is 326 g/mol. The van der Waals surface area contributed by atoms with Gasteiger partial charge in [0, 0.05) is 17.5 Å². The van der Waals surface area contributed by atoms with E-state index in [0.29, 0.717) is 11.0 Å². The summed E-state index contributed by atoms with van der Waals surface area (Å²) in [5.74, 6) is 1.36. The zero-order valence-electron chi connectivity index (χ0n) is 13.9. The smallest absolute Gasteiger partial charge is 0.399 e. The zero-order valence-corrected chi connectivity index (χ0v) is 14.7. The van der Waals surface area contributed by atoms with Crippen LogP contribution < -0.4 is 10.1 Å². The highest BCUT2D eigenvalue weighted by Crippen LogP contribution is 2.36. The van der Waals surface area contributed by atoms with Crippen LogP contribution in [0.15, 0.2) is 16.7 Å². The van der Waals surface area contributed by atoms with Crippen LogP contribution in [0, 0.1) is 19.8 Å². The van der Waals surface area contributed by atoms with Crippen molar-refractivity contribution in [1.29, 1.82) is 0 Å². The quantitative estimate of drug-likeness (QED) is 0.923. The third-order valence-electron chi connectivity index (χ3n) is 5.01. The van der Waals surface area contributed by atoms with E-state index in [2.05, 4.69) is 15.4 Å². The van der Waals surface area contributed by atoms with Crippen LogP contribution in [0.25, 0.3) is 10.4 Å². The van der Waals surface area contributed by atoms with E-state index in [1.807, 2.05) is 26.0 Å². The minimum absolute atomic E-state index is 0.210. The highest BCUT2D eigenvalue weighted by molar-refractivity contribution is 7.17. The van der Waals surface area contributed by atoms with Gasteiger partial charge in [-0.05, 0) is 57.8 Å². The summed E-state index contributed by atoms with van der Waals surface area (Å²) in [6, 6.07) is 3.97. The molecule has 5 rings (SSSR count). The van der Waals surface area contributed by atoms with Crippen LogP contribution in [0.2, 0.25) is 0 Å². The van der Waals surface area contributed by atoms with Crippen molar-refractivity contribution in [3.63, 3.8) is 0 Å². The fraction of sp³-hybridized carbons (Fsp3) is 0.529. The molecule has 0 saturated carbocycles. The number of amides is 1. The Morgan fingerprint density at radius 2 is 2.17 bits per heavy atom. The molecule has 3 fully saturated rings. The second kappa shape index (κ2) is 6.22. The van der Waals surface area contributed by atoms with Crippen molar-refractivity contribution in [1.82, 2.24) is 15.4 Å². The third-order valence-corrected chi connectivity index (χ3v) is 5.99. The van der Waals surface area contributed by atoms with Crippen molar-refractivity contribution < 1.29 is 14.1 Å². The van der Waals surface area contributed by atoms with Crippen molar-refractivity contribution in [2.24, 2.45) is 5.92 Å². The molecule has 3 aliphatic rings. The van der Waals surface area contributed by atoms with Crippen LogP contribution in [0.1, 0.15) is 24.3 Å². The van der Waals surface area contributed by atoms with Crippen LogP contribution in [0.3, 0.4) is 0 Å². The van der Waals surface area contributed by atoms with Gasteiger partial charge in [-0.25, -0.2) is 4.79 Å². The molecule has 3 aliphatic heterocycles. The Morgan fingerprint density at radius 3 is 2.79 bits per heavy atom. The van der Waals surface area contributed by atoms with E-state index in [-0.39, 0.29) is 12.1 Å². The average molecular weight is 347 g/mol. The number of fused-ring (bicyclic) bond motifs is 3. The Balaban J connectivity index is 1.40. The van der Waals surface area contributed by atoms with Gasteiger partial charge in [0.05, 0.1) is 11.3 Å². The van der Waals surface area contributed by atoms with Gasteiger partial charge in [0.25, 0.3) is 0 Å². The molecule has 1 N–H and O–H groups in total. The van der Waals surface area contributed by atoms with Gasteiger partial charge in [-0.2, -0.15) is 0 Å². The molecular formula is C17H21N3O3S. The lowest BCUT2D eigenvalue weighted by Crippen LogP contribution is -2.57. The molecule has 7 heteroatoms. The standard InChI is InChI=1S/C17H21N3O3S/c1-10-16(11(2)23-19-10)14-3-4-15(24-14)22-17(21)18-13-9-20-7-5-12(13)6-8-20/h3-4,12-13H,5-9H2,1-2H3,(H,18,21). The first kappa shape index (κ1) is 15.7. The van der Waals surface area contributed by atoms with Crippen LogP contribution in [0.5, 0.6) is 5.06 Å². The third kappa shape index (κ3) is 2.93. The number of hydrogen-bond acceptors (Lipinski definition) is 6. The minimum atomic E-state index is -0.360. The molecule has 1 unspecified atom stereocenters. The number of aryl methyl sites for hydroxylation is 2. The molecule has 0 spiro atoms. The molecule has 2 aromatic heterocycles. The van der Waals surface area contributed by atoms with E-state index in [4.69, 9.17) is 9.26 Å². The summed E-state index contributed by atoms with van der Waals surface area (Å²) in [6.07, 6.45) is 1.97. The molecule has 0 radical (unpaired) electrons. The Morgan fingerprint density at radius 1 is 1.38 bits per heavy atom. The number of aromatic nitrogens is 1. The van der Waals surface area contributed by atoms with E-state index in [0.717, 1.165) is 41.5 Å². The molecule has 0 aromatic carbocycles. The van der Waals surface area contributed by atoms with E-state index in [1.165, 1.54) is 24.2 Å². The van der Waals surface area contributed by atoms with Gasteiger partial charge in [0.2, 0.25) is 0 Å².